The first kappa shape index (κ1) is 11.3. The molecule has 78 valence electrons. The third-order valence-electron chi connectivity index (χ3n) is 1.96. The van der Waals surface area contributed by atoms with Crippen LogP contribution in [0.4, 0.5) is 0 Å². The first-order chi connectivity index (χ1) is 6.49. The minimum Gasteiger partial charge on any atom is -0.324 e. The van der Waals surface area contributed by atoms with Gasteiger partial charge in [0, 0.05) is 11.9 Å². The fourth-order valence-electron chi connectivity index (χ4n) is 1.10. The predicted octanol–water partition coefficient (Wildman–Crippen LogP) is 1.15. The van der Waals surface area contributed by atoms with Gasteiger partial charge in [0.15, 0.2) is 0 Å². The molecule has 2 N–H and O–H groups in total. The lowest BCUT2D eigenvalue weighted by Crippen LogP contribution is -2.00. The van der Waals surface area contributed by atoms with Crippen molar-refractivity contribution in [2.75, 3.05) is 6.16 Å². The number of rotatable bonds is 4. The van der Waals surface area contributed by atoms with E-state index >= 15 is 0 Å². The molecule has 0 saturated heterocycles. The summed E-state index contributed by atoms with van der Waals surface area (Å²) in [6.45, 7) is 1.89. The Hall–Kier alpha value is -0.770. The van der Waals surface area contributed by atoms with E-state index in [-0.39, 0.29) is 12.1 Å². The molecule has 14 heavy (non-hydrogen) atoms. The van der Waals surface area contributed by atoms with E-state index in [9.17, 15) is 4.57 Å². The average molecular weight is 216 g/mol. The Kier molecular flexibility index (Phi) is 3.75. The average Bonchev–Trinajstić information content (AvgIpc) is 2.14. The van der Waals surface area contributed by atoms with Crippen LogP contribution in [0.1, 0.15) is 25.0 Å². The molecule has 0 aliphatic carbocycles. The second-order valence-corrected chi connectivity index (χ2v) is 4.99. The predicted molar refractivity (Wildman–Crippen MR) is 52.0 cm³/mol. The van der Waals surface area contributed by atoms with Gasteiger partial charge in [0.1, 0.15) is 6.33 Å². The number of hydrogen-bond acceptors (Lipinski definition) is 3. The highest BCUT2D eigenvalue weighted by atomic mass is 31.2. The summed E-state index contributed by atoms with van der Waals surface area (Å²) in [6, 6.07) is 1.75. The molecule has 1 aromatic rings. The van der Waals surface area contributed by atoms with Crippen LogP contribution in [0.2, 0.25) is 0 Å². The van der Waals surface area contributed by atoms with Crippen molar-refractivity contribution >= 4 is 7.60 Å². The highest BCUT2D eigenvalue weighted by Crippen LogP contribution is 2.37. The summed E-state index contributed by atoms with van der Waals surface area (Å²) in [7, 11) is -3.88. The fraction of sp³-hybridized carbons (Fsp3) is 0.500. The van der Waals surface area contributed by atoms with E-state index in [0.717, 1.165) is 5.69 Å². The number of aromatic nitrogens is 2. The van der Waals surface area contributed by atoms with Gasteiger partial charge < -0.3 is 9.79 Å². The van der Waals surface area contributed by atoms with E-state index in [1.165, 1.54) is 6.33 Å². The quantitative estimate of drug-likeness (QED) is 0.737. The van der Waals surface area contributed by atoms with Crippen molar-refractivity contribution in [2.24, 2.45) is 0 Å². The lowest BCUT2D eigenvalue weighted by molar-refractivity contribution is 0.370. The molecular weight excluding hydrogens is 203 g/mol. The van der Waals surface area contributed by atoms with Crippen molar-refractivity contribution < 1.29 is 14.4 Å². The Balaban J connectivity index is 2.52. The lowest BCUT2D eigenvalue weighted by Gasteiger charge is -2.10. The molecule has 0 amide bonds. The SMILES string of the molecule is CC(CCP(=O)(O)O)c1ccncn1. The zero-order chi connectivity index (χ0) is 10.6. The van der Waals surface area contributed by atoms with Crippen LogP contribution in [-0.2, 0) is 4.57 Å². The van der Waals surface area contributed by atoms with Crippen molar-refractivity contribution in [1.29, 1.82) is 0 Å². The highest BCUT2D eigenvalue weighted by molar-refractivity contribution is 7.51. The van der Waals surface area contributed by atoms with Crippen LogP contribution >= 0.6 is 7.60 Å². The topological polar surface area (TPSA) is 83.3 Å². The molecule has 0 fully saturated rings. The third kappa shape index (κ3) is 3.96. The summed E-state index contributed by atoms with van der Waals surface area (Å²) in [4.78, 5) is 25.2. The first-order valence-electron chi connectivity index (χ1n) is 4.29. The standard InChI is InChI=1S/C8H13N2O3P/c1-7(3-5-14(11,12)13)8-2-4-9-6-10-8/h2,4,6-7H,3,5H2,1H3,(H2,11,12,13). The van der Waals surface area contributed by atoms with Crippen molar-refractivity contribution in [3.8, 4) is 0 Å². The second-order valence-electron chi connectivity index (χ2n) is 3.21. The first-order valence-corrected chi connectivity index (χ1v) is 6.09. The van der Waals surface area contributed by atoms with Crippen molar-refractivity contribution in [3.63, 3.8) is 0 Å². The van der Waals surface area contributed by atoms with Gasteiger partial charge in [0.25, 0.3) is 0 Å². The monoisotopic (exact) mass is 216 g/mol. The van der Waals surface area contributed by atoms with Gasteiger partial charge >= 0.3 is 7.60 Å². The largest absolute Gasteiger partial charge is 0.325 e. The molecule has 1 heterocycles. The van der Waals surface area contributed by atoms with Gasteiger partial charge in [-0.15, -0.1) is 0 Å². The van der Waals surface area contributed by atoms with Gasteiger partial charge in [0.05, 0.1) is 6.16 Å². The Labute approximate surface area is 82.4 Å². The van der Waals surface area contributed by atoms with Crippen LogP contribution in [-0.4, -0.2) is 25.9 Å². The summed E-state index contributed by atoms with van der Waals surface area (Å²) in [5.74, 6) is 0.0469. The molecule has 6 heteroatoms. The van der Waals surface area contributed by atoms with Crippen LogP contribution in [0, 0.1) is 0 Å². The van der Waals surface area contributed by atoms with Crippen LogP contribution in [0.3, 0.4) is 0 Å². The van der Waals surface area contributed by atoms with Crippen LogP contribution in [0.15, 0.2) is 18.6 Å². The molecule has 1 rings (SSSR count). The van der Waals surface area contributed by atoms with Gasteiger partial charge in [-0.2, -0.15) is 0 Å². The van der Waals surface area contributed by atoms with Crippen molar-refractivity contribution in [1.82, 2.24) is 9.97 Å². The molecule has 1 atom stereocenters. The summed E-state index contributed by atoms with van der Waals surface area (Å²) < 4.78 is 10.6. The Morgan fingerprint density at radius 2 is 2.29 bits per heavy atom. The molecule has 0 radical (unpaired) electrons. The molecule has 5 nitrogen and oxygen atoms in total. The maximum atomic E-state index is 10.6. The molecule has 1 unspecified atom stereocenters. The number of nitrogens with zero attached hydrogens (tertiary/aromatic N) is 2. The molecule has 1 aromatic heterocycles. The Bertz CT molecular complexity index is 325. The van der Waals surface area contributed by atoms with Crippen LogP contribution in [0.25, 0.3) is 0 Å². The van der Waals surface area contributed by atoms with Gasteiger partial charge in [-0.3, -0.25) is 4.57 Å². The van der Waals surface area contributed by atoms with E-state index in [4.69, 9.17) is 9.79 Å². The zero-order valence-corrected chi connectivity index (χ0v) is 8.76. The smallest absolute Gasteiger partial charge is 0.324 e. The molecule has 0 bridgehead atoms. The molecule has 0 spiro atoms. The van der Waals surface area contributed by atoms with E-state index in [1.54, 1.807) is 12.3 Å². The maximum absolute atomic E-state index is 10.6. The summed E-state index contributed by atoms with van der Waals surface area (Å²) >= 11 is 0. The Morgan fingerprint density at radius 3 is 2.79 bits per heavy atom. The minimum atomic E-state index is -3.88. The molecule has 0 saturated carbocycles. The fourth-order valence-corrected chi connectivity index (χ4v) is 1.83. The minimum absolute atomic E-state index is 0.0469. The van der Waals surface area contributed by atoms with E-state index in [2.05, 4.69) is 9.97 Å². The number of hydrogen-bond donors (Lipinski definition) is 2. The summed E-state index contributed by atoms with van der Waals surface area (Å²) in [5.41, 5.74) is 0.813. The molecule has 0 aliphatic heterocycles. The molecule has 0 aromatic carbocycles. The van der Waals surface area contributed by atoms with E-state index in [1.807, 2.05) is 6.92 Å². The van der Waals surface area contributed by atoms with E-state index < -0.39 is 7.60 Å². The summed E-state index contributed by atoms with van der Waals surface area (Å²) in [6.07, 6.45) is 3.39. The molecular formula is C8H13N2O3P. The third-order valence-corrected chi connectivity index (χ3v) is 2.80. The van der Waals surface area contributed by atoms with Gasteiger partial charge in [0.2, 0.25) is 0 Å². The normalized spacial score (nSPS) is 13.9. The van der Waals surface area contributed by atoms with Crippen LogP contribution in [0.5, 0.6) is 0 Å². The van der Waals surface area contributed by atoms with E-state index in [0.29, 0.717) is 6.42 Å². The van der Waals surface area contributed by atoms with Gasteiger partial charge in [-0.05, 0) is 18.4 Å². The highest BCUT2D eigenvalue weighted by Gasteiger charge is 2.16. The van der Waals surface area contributed by atoms with Gasteiger partial charge in [-0.25, -0.2) is 9.97 Å². The summed E-state index contributed by atoms with van der Waals surface area (Å²) in [5, 5.41) is 0. The maximum Gasteiger partial charge on any atom is 0.325 e. The van der Waals surface area contributed by atoms with Crippen molar-refractivity contribution in [2.45, 2.75) is 19.3 Å². The van der Waals surface area contributed by atoms with Crippen LogP contribution < -0.4 is 0 Å². The Morgan fingerprint density at radius 1 is 1.57 bits per heavy atom. The lowest BCUT2D eigenvalue weighted by atomic mass is 10.1. The molecule has 0 aliphatic rings. The van der Waals surface area contributed by atoms with Gasteiger partial charge in [-0.1, -0.05) is 6.92 Å². The second kappa shape index (κ2) is 4.64. The van der Waals surface area contributed by atoms with Crippen molar-refractivity contribution in [3.05, 3.63) is 24.3 Å². The zero-order valence-electron chi connectivity index (χ0n) is 7.87.